The van der Waals surface area contributed by atoms with Crippen molar-refractivity contribution in [3.05, 3.63) is 0 Å². The van der Waals surface area contributed by atoms with Crippen molar-refractivity contribution in [3.63, 3.8) is 0 Å². The summed E-state index contributed by atoms with van der Waals surface area (Å²) in [6.07, 6.45) is 1.06. The minimum atomic E-state index is -3.52. The van der Waals surface area contributed by atoms with Gasteiger partial charge >= 0.3 is 0 Å². The Hall–Kier alpha value is 0.160. The van der Waals surface area contributed by atoms with Crippen LogP contribution in [0.3, 0.4) is 0 Å². The van der Waals surface area contributed by atoms with Gasteiger partial charge < -0.3 is 0 Å². The summed E-state index contributed by atoms with van der Waals surface area (Å²) in [5.74, 6) is 0. The molecule has 90 valence electrons. The van der Waals surface area contributed by atoms with Gasteiger partial charge in [-0.25, -0.2) is 0 Å². The van der Waals surface area contributed by atoms with Crippen LogP contribution in [0.5, 0.6) is 0 Å². The Morgan fingerprint density at radius 2 is 1.67 bits per heavy atom. The Morgan fingerprint density at radius 1 is 1.20 bits per heavy atom. The van der Waals surface area contributed by atoms with E-state index in [2.05, 4.69) is 25.7 Å². The molecule has 1 aliphatic rings. The van der Waals surface area contributed by atoms with E-state index in [1.807, 2.05) is 0 Å². The van der Waals surface area contributed by atoms with Crippen LogP contribution >= 0.6 is 10.7 Å². The van der Waals surface area contributed by atoms with E-state index in [1.165, 1.54) is 4.31 Å². The average Bonchev–Trinajstić information content (AvgIpc) is 2.17. The summed E-state index contributed by atoms with van der Waals surface area (Å²) in [7, 11) is 1.76. The zero-order valence-electron chi connectivity index (χ0n) is 9.53. The van der Waals surface area contributed by atoms with Gasteiger partial charge in [-0.05, 0) is 20.3 Å². The van der Waals surface area contributed by atoms with Crippen molar-refractivity contribution in [3.8, 4) is 0 Å². The zero-order valence-corrected chi connectivity index (χ0v) is 11.1. The smallest absolute Gasteiger partial charge is 0.296 e. The van der Waals surface area contributed by atoms with E-state index in [-0.39, 0.29) is 5.54 Å². The van der Waals surface area contributed by atoms with Crippen LogP contribution < -0.4 is 0 Å². The van der Waals surface area contributed by atoms with Gasteiger partial charge in [0.2, 0.25) is 0 Å². The number of piperazine rings is 1. The molecule has 1 fully saturated rings. The van der Waals surface area contributed by atoms with Gasteiger partial charge in [-0.2, -0.15) is 12.7 Å². The maximum absolute atomic E-state index is 11.1. The van der Waals surface area contributed by atoms with Crippen LogP contribution in [-0.4, -0.2) is 49.3 Å². The topological polar surface area (TPSA) is 40.6 Å². The van der Waals surface area contributed by atoms with Crippen molar-refractivity contribution in [1.29, 1.82) is 0 Å². The molecule has 0 aromatic carbocycles. The SMILES string of the molecule is CCC(C)(C)N1CCN(S(=O)(=O)Cl)CC1. The van der Waals surface area contributed by atoms with Gasteiger partial charge in [0, 0.05) is 42.4 Å². The van der Waals surface area contributed by atoms with Crippen molar-refractivity contribution in [2.75, 3.05) is 26.2 Å². The van der Waals surface area contributed by atoms with Gasteiger partial charge in [-0.1, -0.05) is 6.92 Å². The lowest BCUT2D eigenvalue weighted by atomic mass is 9.98. The number of hydrogen-bond donors (Lipinski definition) is 0. The predicted octanol–water partition coefficient (Wildman–Crippen LogP) is 1.28. The van der Waals surface area contributed by atoms with Crippen LogP contribution in [0.1, 0.15) is 27.2 Å². The molecule has 0 aromatic rings. The summed E-state index contributed by atoms with van der Waals surface area (Å²) < 4.78 is 23.5. The van der Waals surface area contributed by atoms with E-state index in [0.29, 0.717) is 13.1 Å². The summed E-state index contributed by atoms with van der Waals surface area (Å²) in [5, 5.41) is 0. The summed E-state index contributed by atoms with van der Waals surface area (Å²) in [4.78, 5) is 2.31. The third kappa shape index (κ3) is 3.31. The summed E-state index contributed by atoms with van der Waals surface area (Å²) in [5.41, 5.74) is 0.141. The van der Waals surface area contributed by atoms with E-state index in [1.54, 1.807) is 0 Å². The summed E-state index contributed by atoms with van der Waals surface area (Å²) >= 11 is 0. The maximum Gasteiger partial charge on any atom is 0.299 e. The van der Waals surface area contributed by atoms with Crippen molar-refractivity contribution in [2.24, 2.45) is 0 Å². The van der Waals surface area contributed by atoms with Crippen molar-refractivity contribution in [2.45, 2.75) is 32.7 Å². The summed E-state index contributed by atoms with van der Waals surface area (Å²) in [6, 6.07) is 0. The standard InChI is InChI=1S/C9H19ClN2O2S/c1-4-9(2,3)11-5-7-12(8-6-11)15(10,13)14/h4-8H2,1-3H3. The molecule has 0 atom stereocenters. The molecular formula is C9H19ClN2O2S. The minimum Gasteiger partial charge on any atom is -0.296 e. The third-order valence-corrected chi connectivity index (χ3v) is 4.84. The van der Waals surface area contributed by atoms with Gasteiger partial charge in [0.25, 0.3) is 9.24 Å². The molecule has 15 heavy (non-hydrogen) atoms. The van der Waals surface area contributed by atoms with Crippen LogP contribution in [0.4, 0.5) is 0 Å². The number of rotatable bonds is 3. The van der Waals surface area contributed by atoms with E-state index in [0.717, 1.165) is 19.5 Å². The molecule has 1 saturated heterocycles. The highest BCUT2D eigenvalue weighted by Gasteiger charge is 2.31. The molecule has 1 aliphatic heterocycles. The molecule has 0 aromatic heterocycles. The minimum absolute atomic E-state index is 0.141. The highest BCUT2D eigenvalue weighted by molar-refractivity contribution is 8.11. The van der Waals surface area contributed by atoms with Gasteiger partial charge in [0.05, 0.1) is 0 Å². The largest absolute Gasteiger partial charge is 0.299 e. The Labute approximate surface area is 96.7 Å². The first-order chi connectivity index (χ1) is 6.77. The molecule has 0 bridgehead atoms. The molecule has 0 spiro atoms. The predicted molar refractivity (Wildman–Crippen MR) is 62.3 cm³/mol. The van der Waals surface area contributed by atoms with Crippen molar-refractivity contribution < 1.29 is 8.42 Å². The van der Waals surface area contributed by atoms with Gasteiger partial charge in [0.15, 0.2) is 0 Å². The lowest BCUT2D eigenvalue weighted by Crippen LogP contribution is -2.54. The van der Waals surface area contributed by atoms with E-state index in [4.69, 9.17) is 10.7 Å². The normalized spacial score (nSPS) is 21.9. The molecule has 0 radical (unpaired) electrons. The zero-order chi connectivity index (χ0) is 11.7. The number of halogens is 1. The molecule has 1 rings (SSSR count). The van der Waals surface area contributed by atoms with Crippen molar-refractivity contribution >= 4 is 19.9 Å². The molecule has 0 amide bonds. The monoisotopic (exact) mass is 254 g/mol. The van der Waals surface area contributed by atoms with E-state index in [9.17, 15) is 8.42 Å². The van der Waals surface area contributed by atoms with E-state index < -0.39 is 9.24 Å². The fraction of sp³-hybridized carbons (Fsp3) is 1.00. The van der Waals surface area contributed by atoms with Crippen LogP contribution in [-0.2, 0) is 9.24 Å². The molecule has 4 nitrogen and oxygen atoms in total. The third-order valence-electron chi connectivity index (χ3n) is 3.27. The van der Waals surface area contributed by atoms with Crippen LogP contribution in [0, 0.1) is 0 Å². The Morgan fingerprint density at radius 3 is 2.00 bits per heavy atom. The quantitative estimate of drug-likeness (QED) is 0.713. The Balaban J connectivity index is 2.57. The molecule has 0 N–H and O–H groups in total. The highest BCUT2D eigenvalue weighted by Crippen LogP contribution is 2.21. The van der Waals surface area contributed by atoms with Crippen LogP contribution in [0.25, 0.3) is 0 Å². The molecule has 6 heteroatoms. The number of hydrogen-bond acceptors (Lipinski definition) is 3. The second-order valence-electron chi connectivity index (χ2n) is 4.49. The second kappa shape index (κ2) is 4.57. The first-order valence-electron chi connectivity index (χ1n) is 5.22. The van der Waals surface area contributed by atoms with Gasteiger partial charge in [0.1, 0.15) is 0 Å². The fourth-order valence-electron chi connectivity index (χ4n) is 1.74. The van der Waals surface area contributed by atoms with Gasteiger partial charge in [-0.3, -0.25) is 4.90 Å². The van der Waals surface area contributed by atoms with Crippen LogP contribution in [0.15, 0.2) is 0 Å². The van der Waals surface area contributed by atoms with Gasteiger partial charge in [-0.15, -0.1) is 0 Å². The second-order valence-corrected chi connectivity index (χ2v) is 7.00. The molecular weight excluding hydrogens is 236 g/mol. The lowest BCUT2D eigenvalue weighted by molar-refractivity contribution is 0.0770. The fourth-order valence-corrected chi connectivity index (χ4v) is 2.75. The molecule has 0 unspecified atom stereocenters. The first kappa shape index (κ1) is 13.2. The number of nitrogens with zero attached hydrogens (tertiary/aromatic N) is 2. The molecule has 1 heterocycles. The Kier molecular flexibility index (Phi) is 4.03. The molecule has 0 saturated carbocycles. The first-order valence-corrected chi connectivity index (χ1v) is 7.49. The summed E-state index contributed by atoms with van der Waals surface area (Å²) in [6.45, 7) is 9.00. The van der Waals surface area contributed by atoms with Crippen molar-refractivity contribution in [1.82, 2.24) is 9.21 Å². The highest BCUT2D eigenvalue weighted by atomic mass is 35.7. The molecule has 0 aliphatic carbocycles. The average molecular weight is 255 g/mol. The maximum atomic E-state index is 11.1. The van der Waals surface area contributed by atoms with E-state index >= 15 is 0 Å². The Bertz CT molecular complexity index is 308. The lowest BCUT2D eigenvalue weighted by Gasteiger charge is -2.42. The van der Waals surface area contributed by atoms with Crippen LogP contribution in [0.2, 0.25) is 0 Å².